The van der Waals surface area contributed by atoms with Gasteiger partial charge in [0.2, 0.25) is 11.8 Å². The molecule has 0 atom stereocenters. The minimum absolute atomic E-state index is 0.00198. The first kappa shape index (κ1) is 16.9. The second-order valence-electron chi connectivity index (χ2n) is 6.05. The van der Waals surface area contributed by atoms with Crippen molar-refractivity contribution in [3.05, 3.63) is 24.3 Å². The molecule has 0 bridgehead atoms. The highest BCUT2D eigenvalue weighted by atomic mass is 32.2. The number of amides is 2. The minimum atomic E-state index is -0.166. The quantitative estimate of drug-likeness (QED) is 0.855. The van der Waals surface area contributed by atoms with E-state index >= 15 is 0 Å². The Hall–Kier alpha value is -1.49. The van der Waals surface area contributed by atoms with Crippen LogP contribution in [-0.4, -0.2) is 41.1 Å². The molecule has 0 fully saturated rings. The van der Waals surface area contributed by atoms with Crippen LogP contribution in [0.15, 0.2) is 29.2 Å². The topological polar surface area (TPSA) is 40.6 Å². The largest absolute Gasteiger partial charge is 0.342 e. The Bertz CT molecular complexity index is 568. The first-order valence-corrected chi connectivity index (χ1v) is 8.55. The SMILES string of the molecule is CCN(CC)C(=O)CN1C(=O)CC(C)(C)Sc2ccccc21. The first-order chi connectivity index (χ1) is 10.4. The van der Waals surface area contributed by atoms with E-state index < -0.39 is 0 Å². The zero-order valence-corrected chi connectivity index (χ0v) is 14.6. The highest BCUT2D eigenvalue weighted by Crippen LogP contribution is 2.43. The Kier molecular flexibility index (Phi) is 5.16. The summed E-state index contributed by atoms with van der Waals surface area (Å²) in [6, 6.07) is 7.84. The number of anilines is 1. The molecule has 0 saturated carbocycles. The van der Waals surface area contributed by atoms with Crippen molar-refractivity contribution in [1.82, 2.24) is 4.90 Å². The fourth-order valence-electron chi connectivity index (χ4n) is 2.68. The Morgan fingerprint density at radius 2 is 1.91 bits per heavy atom. The Morgan fingerprint density at radius 1 is 1.27 bits per heavy atom. The molecule has 1 aromatic rings. The van der Waals surface area contributed by atoms with Crippen LogP contribution in [0.2, 0.25) is 0 Å². The second-order valence-corrected chi connectivity index (χ2v) is 7.80. The van der Waals surface area contributed by atoms with Gasteiger partial charge in [0, 0.05) is 29.2 Å². The lowest BCUT2D eigenvalue weighted by atomic mass is 10.1. The Balaban J connectivity index is 2.34. The highest BCUT2D eigenvalue weighted by Gasteiger charge is 2.34. The number of para-hydroxylation sites is 1. The fourth-order valence-corrected chi connectivity index (χ4v) is 3.90. The molecule has 2 rings (SSSR count). The van der Waals surface area contributed by atoms with E-state index in [0.717, 1.165) is 10.6 Å². The molecular formula is C17H24N2O2S. The maximum Gasteiger partial charge on any atom is 0.242 e. The van der Waals surface area contributed by atoms with E-state index in [4.69, 9.17) is 0 Å². The second kappa shape index (κ2) is 6.73. The van der Waals surface area contributed by atoms with Gasteiger partial charge < -0.3 is 9.80 Å². The van der Waals surface area contributed by atoms with Gasteiger partial charge in [-0.1, -0.05) is 12.1 Å². The van der Waals surface area contributed by atoms with Crippen molar-refractivity contribution in [2.75, 3.05) is 24.5 Å². The summed E-state index contributed by atoms with van der Waals surface area (Å²) < 4.78 is -0.166. The van der Waals surface area contributed by atoms with Gasteiger partial charge in [0.15, 0.2) is 0 Å². The molecule has 22 heavy (non-hydrogen) atoms. The molecular weight excluding hydrogens is 296 g/mol. The van der Waals surface area contributed by atoms with E-state index in [-0.39, 0.29) is 23.1 Å². The first-order valence-electron chi connectivity index (χ1n) is 7.74. The fraction of sp³-hybridized carbons (Fsp3) is 0.529. The third kappa shape index (κ3) is 3.64. The third-order valence-corrected chi connectivity index (χ3v) is 5.09. The summed E-state index contributed by atoms with van der Waals surface area (Å²) in [4.78, 5) is 29.6. The summed E-state index contributed by atoms with van der Waals surface area (Å²) in [5, 5.41) is 0. The summed E-state index contributed by atoms with van der Waals surface area (Å²) in [7, 11) is 0. The lowest BCUT2D eigenvalue weighted by molar-refractivity contribution is -0.131. The van der Waals surface area contributed by atoms with Crippen LogP contribution in [0.4, 0.5) is 5.69 Å². The van der Waals surface area contributed by atoms with Crippen molar-refractivity contribution >= 4 is 29.3 Å². The van der Waals surface area contributed by atoms with Crippen molar-refractivity contribution < 1.29 is 9.59 Å². The van der Waals surface area contributed by atoms with Crippen molar-refractivity contribution in [2.45, 2.75) is 43.8 Å². The van der Waals surface area contributed by atoms with Gasteiger partial charge in [0.1, 0.15) is 6.54 Å². The number of nitrogens with zero attached hydrogens (tertiary/aromatic N) is 2. The average Bonchev–Trinajstić information content (AvgIpc) is 2.54. The molecule has 0 saturated heterocycles. The average molecular weight is 320 g/mol. The molecule has 1 aliphatic rings. The van der Waals surface area contributed by atoms with Gasteiger partial charge >= 0.3 is 0 Å². The van der Waals surface area contributed by atoms with E-state index in [1.54, 1.807) is 21.6 Å². The van der Waals surface area contributed by atoms with Crippen molar-refractivity contribution in [3.63, 3.8) is 0 Å². The molecule has 1 aromatic carbocycles. The van der Waals surface area contributed by atoms with Crippen LogP contribution < -0.4 is 4.90 Å². The number of carbonyl (C=O) groups is 2. The zero-order valence-electron chi connectivity index (χ0n) is 13.8. The maximum atomic E-state index is 12.7. The van der Waals surface area contributed by atoms with Crippen LogP contribution in [0, 0.1) is 0 Å². The number of thioether (sulfide) groups is 1. The monoisotopic (exact) mass is 320 g/mol. The number of carbonyl (C=O) groups excluding carboxylic acids is 2. The van der Waals surface area contributed by atoms with Crippen LogP contribution in [0.3, 0.4) is 0 Å². The summed E-state index contributed by atoms with van der Waals surface area (Å²) >= 11 is 1.70. The molecule has 1 aliphatic heterocycles. The van der Waals surface area contributed by atoms with E-state index in [1.165, 1.54) is 0 Å². The van der Waals surface area contributed by atoms with Crippen LogP contribution in [0.5, 0.6) is 0 Å². The van der Waals surface area contributed by atoms with Crippen molar-refractivity contribution in [2.24, 2.45) is 0 Å². The minimum Gasteiger partial charge on any atom is -0.342 e. The number of benzene rings is 1. The molecule has 0 aromatic heterocycles. The van der Waals surface area contributed by atoms with Gasteiger partial charge in [-0.15, -0.1) is 11.8 Å². The molecule has 2 amide bonds. The smallest absolute Gasteiger partial charge is 0.242 e. The Morgan fingerprint density at radius 3 is 2.55 bits per heavy atom. The molecule has 0 spiro atoms. The molecule has 5 heteroatoms. The molecule has 0 aliphatic carbocycles. The van der Waals surface area contributed by atoms with Gasteiger partial charge in [-0.3, -0.25) is 9.59 Å². The Labute approximate surface area is 136 Å². The number of hydrogen-bond donors (Lipinski definition) is 0. The summed E-state index contributed by atoms with van der Waals surface area (Å²) in [6.45, 7) is 9.51. The van der Waals surface area contributed by atoms with Crippen LogP contribution in [0.25, 0.3) is 0 Å². The lowest BCUT2D eigenvalue weighted by Crippen LogP contribution is -2.43. The van der Waals surface area contributed by atoms with Crippen LogP contribution in [-0.2, 0) is 9.59 Å². The number of likely N-dealkylation sites (N-methyl/N-ethyl adjacent to an activating group) is 1. The molecule has 120 valence electrons. The standard InChI is InChI=1S/C17H24N2O2S/c1-5-18(6-2)16(21)12-19-13-9-7-8-10-14(13)22-17(3,4)11-15(19)20/h7-10H,5-6,11-12H2,1-4H3. The molecule has 0 N–H and O–H groups in total. The number of rotatable bonds is 4. The van der Waals surface area contributed by atoms with Crippen LogP contribution in [0.1, 0.15) is 34.1 Å². The maximum absolute atomic E-state index is 12.7. The van der Waals surface area contributed by atoms with Crippen LogP contribution >= 0.6 is 11.8 Å². The molecule has 4 nitrogen and oxygen atoms in total. The third-order valence-electron chi connectivity index (χ3n) is 3.83. The summed E-state index contributed by atoms with van der Waals surface area (Å²) in [5.41, 5.74) is 0.851. The van der Waals surface area contributed by atoms with Gasteiger partial charge in [-0.05, 0) is 39.8 Å². The van der Waals surface area contributed by atoms with E-state index in [9.17, 15) is 9.59 Å². The molecule has 0 radical (unpaired) electrons. The number of fused-ring (bicyclic) bond motifs is 1. The van der Waals surface area contributed by atoms with E-state index in [2.05, 4.69) is 13.8 Å². The molecule has 0 unspecified atom stereocenters. The van der Waals surface area contributed by atoms with E-state index in [1.807, 2.05) is 38.1 Å². The van der Waals surface area contributed by atoms with Gasteiger partial charge in [-0.25, -0.2) is 0 Å². The highest BCUT2D eigenvalue weighted by molar-refractivity contribution is 8.00. The van der Waals surface area contributed by atoms with Crippen molar-refractivity contribution in [3.8, 4) is 0 Å². The van der Waals surface area contributed by atoms with Gasteiger partial charge in [0.05, 0.1) is 5.69 Å². The van der Waals surface area contributed by atoms with E-state index in [0.29, 0.717) is 19.5 Å². The summed E-state index contributed by atoms with van der Waals surface area (Å²) in [5.74, 6) is 0.0146. The zero-order chi connectivity index (χ0) is 16.3. The van der Waals surface area contributed by atoms with Gasteiger partial charge in [0.25, 0.3) is 0 Å². The lowest BCUT2D eigenvalue weighted by Gasteiger charge is -2.26. The summed E-state index contributed by atoms with van der Waals surface area (Å²) in [6.07, 6.45) is 0.428. The predicted molar refractivity (Wildman–Crippen MR) is 91.3 cm³/mol. The van der Waals surface area contributed by atoms with Crippen molar-refractivity contribution in [1.29, 1.82) is 0 Å². The number of hydrogen-bond acceptors (Lipinski definition) is 3. The molecule has 1 heterocycles. The predicted octanol–water partition coefficient (Wildman–Crippen LogP) is 3.16. The normalized spacial score (nSPS) is 16.9. The van der Waals surface area contributed by atoms with Gasteiger partial charge in [-0.2, -0.15) is 0 Å².